The zero-order valence-corrected chi connectivity index (χ0v) is 18.2. The van der Waals surface area contributed by atoms with Crippen LogP contribution in [0.15, 0.2) is 0 Å². The molecule has 0 amide bonds. The van der Waals surface area contributed by atoms with Gasteiger partial charge in [-0.05, 0) is 0 Å². The molecule has 0 aromatic carbocycles. The molecule has 18 heavy (non-hydrogen) atoms. The van der Waals surface area contributed by atoms with E-state index in [0.29, 0.717) is 0 Å². The molecular weight excluding hydrogens is 358 g/mol. The zero-order chi connectivity index (χ0) is 9.00. The predicted octanol–water partition coefficient (Wildman–Crippen LogP) is -18.4. The predicted molar refractivity (Wildman–Crippen MR) is 38.5 cm³/mol. The Kier molecular flexibility index (Phi) is 123. The minimum atomic E-state index is -4.89. The monoisotopic (exact) mass is 370 g/mol. The summed E-state index contributed by atoms with van der Waals surface area (Å²) in [6.45, 7) is 0. The number of hydrogen-bond acceptors (Lipinski definition) is 4. The molecule has 0 bridgehead atoms. The van der Waals surface area contributed by atoms with E-state index in [4.69, 9.17) is 38.5 Å². The van der Waals surface area contributed by atoms with Crippen molar-refractivity contribution >= 4 is 15.6 Å². The van der Waals surface area contributed by atoms with E-state index in [0.717, 1.165) is 0 Å². The summed E-state index contributed by atoms with van der Waals surface area (Å²) in [7, 11) is -9.78. The van der Waals surface area contributed by atoms with Crippen molar-refractivity contribution in [2.75, 3.05) is 0 Å². The van der Waals surface area contributed by atoms with E-state index in [-0.39, 0.29) is 123 Å². The molecule has 0 aliphatic rings. The summed E-state index contributed by atoms with van der Waals surface area (Å²) in [6.07, 6.45) is 0. The van der Waals surface area contributed by atoms with Gasteiger partial charge >= 0.3 is 88.7 Å². The van der Waals surface area contributed by atoms with Crippen molar-refractivity contribution in [2.45, 2.75) is 0 Å². The minimum Gasteiger partial charge on any atom is -1.00 e. The Hall–Kier alpha value is 3.35. The molecule has 0 fully saturated rings. The fourth-order valence-corrected chi connectivity index (χ4v) is 0. The molecule has 0 aromatic heterocycles. The van der Waals surface area contributed by atoms with E-state index in [2.05, 4.69) is 0 Å². The summed E-state index contributed by atoms with van der Waals surface area (Å²) in [5, 5.41) is 0. The van der Waals surface area contributed by atoms with Gasteiger partial charge < -0.3 is 63.7 Å². The summed E-state index contributed by atoms with van der Waals surface area (Å²) in [6, 6.07) is 0. The van der Waals surface area contributed by atoms with Gasteiger partial charge in [-0.3, -0.25) is 9.13 Å². The van der Waals surface area contributed by atoms with Crippen LogP contribution in [0.5, 0.6) is 0 Å². The van der Waals surface area contributed by atoms with Crippen LogP contribution in [-0.4, -0.2) is 41.5 Å². The topological polar surface area (TPSA) is 287 Å². The summed E-state index contributed by atoms with van der Waals surface area (Å²) in [5.74, 6) is 0. The van der Waals surface area contributed by atoms with Gasteiger partial charge in [0.15, 0.2) is 0 Å². The maximum absolute atomic E-state index is 8.77. The van der Waals surface area contributed by atoms with E-state index in [9.17, 15) is 0 Å². The van der Waals surface area contributed by atoms with Crippen LogP contribution in [0.2, 0.25) is 0 Å². The van der Waals surface area contributed by atoms with E-state index >= 15 is 0 Å². The molecule has 12 N–H and O–H groups in total. The van der Waals surface area contributed by atoms with Gasteiger partial charge in [0, 0.05) is 0 Å². The van der Waals surface area contributed by atoms with Gasteiger partial charge in [0.05, 0.1) is 0 Å². The first-order chi connectivity index (χ1) is 4.00. The van der Waals surface area contributed by atoms with Crippen LogP contribution in [0, 0.1) is 0 Å². The molecule has 0 aliphatic carbocycles. The average Bonchev–Trinajstić information content (AvgIpc) is 1.12. The van der Waals surface area contributed by atoms with Crippen molar-refractivity contribution < 1.29 is 161 Å². The molecule has 0 rings (SSSR count). The van der Waals surface area contributed by atoms with Crippen LogP contribution in [0.3, 0.4) is 0 Å². The average molecular weight is 370 g/mol. The molecule has 0 saturated carbocycles. The number of phosphoric acid groups is 2. The maximum Gasteiger partial charge on any atom is 1.00 e. The first kappa shape index (κ1) is 68.6. The molecule has 0 heterocycles. The second-order valence-corrected chi connectivity index (χ2v) is 2.94. The second-order valence-electron chi connectivity index (χ2n) is 0.981. The summed E-state index contributed by atoms with van der Waals surface area (Å²) >= 11 is 0. The molecule has 12 nitrogen and oxygen atoms in total. The van der Waals surface area contributed by atoms with Crippen LogP contribution in [0.4, 0.5) is 0 Å². The number of rotatable bonds is 0. The Morgan fingerprint density at radius 3 is 0.611 bits per heavy atom. The van der Waals surface area contributed by atoms with E-state index in [1.54, 1.807) is 0 Å². The zero-order valence-electron chi connectivity index (χ0n) is 9.69. The molecule has 0 aliphatic heterocycles. The van der Waals surface area contributed by atoms with E-state index in [1.165, 1.54) is 0 Å². The van der Waals surface area contributed by atoms with Crippen molar-refractivity contribution in [2.24, 2.45) is 0 Å². The Bertz CT molecular complexity index is 138. The largest absolute Gasteiger partial charge is 1.00 e. The second kappa shape index (κ2) is 32.3. The fraction of sp³-hybridized carbons (Fsp3) is 0. The van der Waals surface area contributed by atoms with Crippen LogP contribution < -0.4 is 111 Å². The van der Waals surface area contributed by atoms with Crippen molar-refractivity contribution in [1.82, 2.24) is 0 Å². The Morgan fingerprint density at radius 2 is 0.611 bits per heavy atom. The van der Waals surface area contributed by atoms with E-state index < -0.39 is 15.6 Å². The van der Waals surface area contributed by atoms with Crippen LogP contribution in [-0.2, 0) is 9.13 Å². The van der Waals surface area contributed by atoms with Crippen LogP contribution >= 0.6 is 15.6 Å². The third-order valence-electron chi connectivity index (χ3n) is 0. The van der Waals surface area contributed by atoms with Gasteiger partial charge in [-0.15, -0.1) is 0 Å². The normalized spacial score (nSPS) is 6.56. The van der Waals surface area contributed by atoms with Gasteiger partial charge in [0.2, 0.25) is 0 Å². The maximum atomic E-state index is 8.77. The number of halogens is 1. The Balaban J connectivity index is -0.00000000615. The fourth-order valence-electron chi connectivity index (χ4n) is 0. The van der Waals surface area contributed by atoms with Gasteiger partial charge in [-0.25, -0.2) is 0 Å². The Morgan fingerprint density at radius 1 is 0.611 bits per heavy atom. The molecule has 0 spiro atoms. The van der Waals surface area contributed by atoms with Crippen LogP contribution in [0.1, 0.15) is 0 Å². The van der Waals surface area contributed by atoms with E-state index in [1.807, 2.05) is 0 Å². The molecule has 0 radical (unpaired) electrons. The smallest absolute Gasteiger partial charge is 1.00 e. The van der Waals surface area contributed by atoms with Crippen LogP contribution in [0.25, 0.3) is 0 Å². The third-order valence-corrected chi connectivity index (χ3v) is 0. The molecule has 0 aromatic rings. The summed E-state index contributed by atoms with van der Waals surface area (Å²) in [4.78, 5) is 45.8. The molecule has 0 saturated heterocycles. The molecule has 0 atom stereocenters. The first-order valence-corrected chi connectivity index (χ1v) is 4.59. The summed E-state index contributed by atoms with van der Waals surface area (Å²) < 4.78 is 17.5. The van der Waals surface area contributed by atoms with Crippen molar-refractivity contribution in [3.05, 3.63) is 0 Å². The van der Waals surface area contributed by atoms with Gasteiger partial charge in [0.25, 0.3) is 15.6 Å². The SMILES string of the molecule is O.O.O.O.O=P([O-])(O)O.O=P([O-])(O)O.[Cl-].[Na+].[Na+].[Na+]. The van der Waals surface area contributed by atoms with Crippen molar-refractivity contribution in [1.29, 1.82) is 0 Å². The standard InChI is InChI=1S/ClH.3Na.2H3O4P.4H2O/c;;;;2*1-5(2,3)4;;;;/h1H;;;;2*(H3,1,2,3,4);4*1H2/q;3*+1;;;;;;/p-3. The quantitative estimate of drug-likeness (QED) is 0.234. The third kappa shape index (κ3) is 581. The summed E-state index contributed by atoms with van der Waals surface area (Å²) in [5.41, 5.74) is 0. The minimum absolute atomic E-state index is 0. The molecular formula is H12ClNa3O12P2. The number of hydrogen-bond donors (Lipinski definition) is 4. The molecule has 104 valence electrons. The first-order valence-electron chi connectivity index (χ1n) is 1.53. The molecule has 18 heteroatoms. The van der Waals surface area contributed by atoms with Crippen molar-refractivity contribution in [3.8, 4) is 0 Å². The Labute approximate surface area is 175 Å². The molecule has 0 unspecified atom stereocenters. The van der Waals surface area contributed by atoms with Crippen molar-refractivity contribution in [3.63, 3.8) is 0 Å². The van der Waals surface area contributed by atoms with Gasteiger partial charge in [0.1, 0.15) is 0 Å². The van der Waals surface area contributed by atoms with Gasteiger partial charge in [-0.1, -0.05) is 0 Å². The van der Waals surface area contributed by atoms with Gasteiger partial charge in [-0.2, -0.15) is 0 Å².